The predicted molar refractivity (Wildman–Crippen MR) is 112 cm³/mol. The maximum atomic E-state index is 12.2. The molecular weight excluding hydrogens is 404 g/mol. The van der Waals surface area contributed by atoms with Crippen molar-refractivity contribution in [1.29, 1.82) is 0 Å². The lowest BCUT2D eigenvalue weighted by Gasteiger charge is -2.08. The number of nitrogens with zero attached hydrogens (tertiary/aromatic N) is 1. The first kappa shape index (κ1) is 19.4. The Kier molecular flexibility index (Phi) is 6.11. The number of anilines is 1. The fourth-order valence-corrected chi connectivity index (χ4v) is 3.27. The van der Waals surface area contributed by atoms with Crippen LogP contribution in [0.25, 0.3) is 11.3 Å². The third-order valence-corrected chi connectivity index (χ3v) is 4.94. The van der Waals surface area contributed by atoms with Crippen molar-refractivity contribution in [2.45, 2.75) is 39.5 Å². The van der Waals surface area contributed by atoms with Crippen LogP contribution in [-0.2, 0) is 11.2 Å². The zero-order valence-corrected chi connectivity index (χ0v) is 17.3. The summed E-state index contributed by atoms with van der Waals surface area (Å²) in [7, 11) is 0. The molecule has 0 bridgehead atoms. The van der Waals surface area contributed by atoms with Crippen LogP contribution >= 0.6 is 15.9 Å². The van der Waals surface area contributed by atoms with Crippen LogP contribution in [0.4, 0.5) is 5.69 Å². The molecule has 3 aromatic rings. The van der Waals surface area contributed by atoms with Crippen molar-refractivity contribution < 1.29 is 9.21 Å². The Morgan fingerprint density at radius 1 is 1.19 bits per heavy atom. The number of carbonyl (C=O) groups is 1. The van der Waals surface area contributed by atoms with Crippen molar-refractivity contribution >= 4 is 27.5 Å². The number of halogens is 1. The maximum Gasteiger partial charge on any atom is 0.224 e. The number of rotatable bonds is 6. The van der Waals surface area contributed by atoms with Crippen molar-refractivity contribution in [2.24, 2.45) is 0 Å². The Morgan fingerprint density at radius 2 is 1.93 bits per heavy atom. The molecule has 5 heteroatoms. The molecule has 2 aromatic carbocycles. The molecule has 0 saturated heterocycles. The van der Waals surface area contributed by atoms with Crippen LogP contribution in [0.2, 0.25) is 0 Å². The molecule has 1 aromatic heterocycles. The summed E-state index contributed by atoms with van der Waals surface area (Å²) in [5.41, 5.74) is 4.12. The molecule has 0 aliphatic carbocycles. The fourth-order valence-electron chi connectivity index (χ4n) is 2.79. The minimum Gasteiger partial charge on any atom is -0.441 e. The van der Waals surface area contributed by atoms with Crippen molar-refractivity contribution in [3.63, 3.8) is 0 Å². The molecule has 140 valence electrons. The number of hydrogen-bond acceptors (Lipinski definition) is 3. The van der Waals surface area contributed by atoms with Crippen LogP contribution < -0.4 is 5.32 Å². The Morgan fingerprint density at radius 3 is 2.59 bits per heavy atom. The molecule has 0 aliphatic heterocycles. The normalized spacial score (nSPS) is 11.0. The molecule has 0 aliphatic rings. The van der Waals surface area contributed by atoms with Gasteiger partial charge in [0, 0.05) is 28.6 Å². The lowest BCUT2D eigenvalue weighted by Crippen LogP contribution is -2.13. The number of benzene rings is 2. The van der Waals surface area contributed by atoms with Crippen LogP contribution in [0.1, 0.15) is 43.2 Å². The molecule has 0 radical (unpaired) electrons. The van der Waals surface area contributed by atoms with Gasteiger partial charge in [0.05, 0.1) is 6.20 Å². The molecule has 0 unspecified atom stereocenters. The van der Waals surface area contributed by atoms with Crippen molar-refractivity contribution in [1.82, 2.24) is 4.98 Å². The van der Waals surface area contributed by atoms with E-state index in [0.717, 1.165) is 27.0 Å². The molecule has 3 rings (SSSR count). The third-order valence-electron chi connectivity index (χ3n) is 4.44. The highest BCUT2D eigenvalue weighted by Gasteiger charge is 2.10. The SMILES string of the molecule is Cc1cc(Br)ccc1NC(=O)CCc1ncc(-c2ccc(C(C)C)cc2)o1. The van der Waals surface area contributed by atoms with Crippen LogP contribution in [0, 0.1) is 6.92 Å². The number of amides is 1. The van der Waals surface area contributed by atoms with Gasteiger partial charge in [-0.1, -0.05) is 54.0 Å². The number of aryl methyl sites for hydroxylation is 2. The lowest BCUT2D eigenvalue weighted by molar-refractivity contribution is -0.116. The van der Waals surface area contributed by atoms with Crippen LogP contribution in [0.3, 0.4) is 0 Å². The molecule has 0 fully saturated rings. The molecule has 4 nitrogen and oxygen atoms in total. The second-order valence-electron chi connectivity index (χ2n) is 6.90. The van der Waals surface area contributed by atoms with Gasteiger partial charge < -0.3 is 9.73 Å². The van der Waals surface area contributed by atoms with E-state index in [1.807, 2.05) is 37.3 Å². The summed E-state index contributed by atoms with van der Waals surface area (Å²) in [5, 5.41) is 2.93. The van der Waals surface area contributed by atoms with Gasteiger partial charge in [0.2, 0.25) is 5.91 Å². The van der Waals surface area contributed by atoms with Gasteiger partial charge in [-0.3, -0.25) is 4.79 Å². The fraction of sp³-hybridized carbons (Fsp3) is 0.273. The maximum absolute atomic E-state index is 12.2. The highest BCUT2D eigenvalue weighted by atomic mass is 79.9. The number of hydrogen-bond donors (Lipinski definition) is 1. The van der Waals surface area contributed by atoms with E-state index in [1.54, 1.807) is 6.20 Å². The lowest BCUT2D eigenvalue weighted by atomic mass is 10.0. The van der Waals surface area contributed by atoms with Gasteiger partial charge in [-0.15, -0.1) is 0 Å². The summed E-state index contributed by atoms with van der Waals surface area (Å²) in [6.07, 6.45) is 2.50. The second-order valence-corrected chi connectivity index (χ2v) is 7.82. The molecule has 27 heavy (non-hydrogen) atoms. The smallest absolute Gasteiger partial charge is 0.224 e. The molecule has 0 saturated carbocycles. The molecular formula is C22H23BrN2O2. The van der Waals surface area contributed by atoms with Gasteiger partial charge in [-0.2, -0.15) is 0 Å². The van der Waals surface area contributed by atoms with Crippen molar-refractivity contribution in [2.75, 3.05) is 5.32 Å². The average Bonchev–Trinajstić information content (AvgIpc) is 3.11. The number of carbonyl (C=O) groups excluding carboxylic acids is 1. The van der Waals surface area contributed by atoms with Crippen molar-refractivity contribution in [3.05, 3.63) is 70.2 Å². The summed E-state index contributed by atoms with van der Waals surface area (Å²) in [4.78, 5) is 16.5. The van der Waals surface area contributed by atoms with E-state index in [0.29, 0.717) is 24.7 Å². The summed E-state index contributed by atoms with van der Waals surface area (Å²) in [5.74, 6) is 1.74. The van der Waals surface area contributed by atoms with E-state index < -0.39 is 0 Å². The zero-order chi connectivity index (χ0) is 19.4. The van der Waals surface area contributed by atoms with Crippen molar-refractivity contribution in [3.8, 4) is 11.3 Å². The zero-order valence-electron chi connectivity index (χ0n) is 15.8. The van der Waals surface area contributed by atoms with Gasteiger partial charge in [-0.05, 0) is 42.2 Å². The minimum absolute atomic E-state index is 0.0542. The molecule has 0 atom stereocenters. The quantitative estimate of drug-likeness (QED) is 0.517. The molecule has 0 spiro atoms. The van der Waals surface area contributed by atoms with E-state index in [2.05, 4.69) is 52.2 Å². The van der Waals surface area contributed by atoms with Gasteiger partial charge in [0.25, 0.3) is 0 Å². The van der Waals surface area contributed by atoms with Crippen LogP contribution in [0.5, 0.6) is 0 Å². The van der Waals surface area contributed by atoms with E-state index in [1.165, 1.54) is 5.56 Å². The minimum atomic E-state index is -0.0542. The monoisotopic (exact) mass is 426 g/mol. The number of oxazole rings is 1. The number of aromatic nitrogens is 1. The molecule has 1 heterocycles. The Bertz CT molecular complexity index is 930. The highest BCUT2D eigenvalue weighted by Crippen LogP contribution is 2.24. The average molecular weight is 427 g/mol. The van der Waals surface area contributed by atoms with E-state index in [4.69, 9.17) is 4.42 Å². The predicted octanol–water partition coefficient (Wildman–Crippen LogP) is 6.11. The number of nitrogens with one attached hydrogen (secondary N) is 1. The molecule has 1 N–H and O–H groups in total. The van der Waals surface area contributed by atoms with E-state index in [-0.39, 0.29) is 5.91 Å². The van der Waals surface area contributed by atoms with E-state index in [9.17, 15) is 4.79 Å². The topological polar surface area (TPSA) is 55.1 Å². The van der Waals surface area contributed by atoms with Crippen LogP contribution in [-0.4, -0.2) is 10.9 Å². The first-order valence-corrected chi connectivity index (χ1v) is 9.82. The Hall–Kier alpha value is -2.40. The summed E-state index contributed by atoms with van der Waals surface area (Å²) >= 11 is 3.42. The highest BCUT2D eigenvalue weighted by molar-refractivity contribution is 9.10. The summed E-state index contributed by atoms with van der Waals surface area (Å²) < 4.78 is 6.81. The largest absolute Gasteiger partial charge is 0.441 e. The second kappa shape index (κ2) is 8.53. The Balaban J connectivity index is 1.58. The first-order chi connectivity index (χ1) is 12.9. The first-order valence-electron chi connectivity index (χ1n) is 9.03. The van der Waals surface area contributed by atoms with Gasteiger partial charge in [0.15, 0.2) is 11.7 Å². The van der Waals surface area contributed by atoms with Gasteiger partial charge >= 0.3 is 0 Å². The summed E-state index contributed by atoms with van der Waals surface area (Å²) in [6, 6.07) is 14.1. The molecule has 1 amide bonds. The third kappa shape index (κ3) is 5.07. The van der Waals surface area contributed by atoms with Gasteiger partial charge in [-0.25, -0.2) is 4.98 Å². The van der Waals surface area contributed by atoms with Gasteiger partial charge in [0.1, 0.15) is 0 Å². The van der Waals surface area contributed by atoms with E-state index >= 15 is 0 Å². The summed E-state index contributed by atoms with van der Waals surface area (Å²) in [6.45, 7) is 6.30. The van der Waals surface area contributed by atoms with Crippen LogP contribution in [0.15, 0.2) is 57.6 Å². The Labute approximate surface area is 168 Å². The standard InChI is InChI=1S/C22H23BrN2O2/c1-14(2)16-4-6-17(7-5-16)20-13-24-22(27-20)11-10-21(26)25-19-9-8-18(23)12-15(19)3/h4-9,12-14H,10-11H2,1-3H3,(H,25,26).